The smallest absolute Gasteiger partial charge is 0.0990 e. The van der Waals surface area contributed by atoms with E-state index in [4.69, 9.17) is 5.73 Å². The molecule has 1 rings (SSSR count). The summed E-state index contributed by atoms with van der Waals surface area (Å²) in [6.45, 7) is 6.06. The van der Waals surface area contributed by atoms with Gasteiger partial charge in [-0.1, -0.05) is 76.9 Å². The first-order chi connectivity index (χ1) is 12.9. The second kappa shape index (κ2) is 17.6. The molecule has 1 aliphatic rings. The molecule has 0 aromatic heterocycles. The molecular formula is C23H45N3. The van der Waals surface area contributed by atoms with Crippen molar-refractivity contribution in [2.24, 2.45) is 10.7 Å². The lowest BCUT2D eigenvalue weighted by Gasteiger charge is -2.19. The van der Waals surface area contributed by atoms with E-state index in [1.807, 2.05) is 0 Å². The van der Waals surface area contributed by atoms with Crippen molar-refractivity contribution in [2.75, 3.05) is 26.2 Å². The van der Waals surface area contributed by atoms with E-state index < -0.39 is 0 Å². The van der Waals surface area contributed by atoms with Gasteiger partial charge in [0.05, 0.1) is 12.4 Å². The average Bonchev–Trinajstić information content (AvgIpc) is 3.09. The van der Waals surface area contributed by atoms with Crippen molar-refractivity contribution in [1.82, 2.24) is 4.90 Å². The highest BCUT2D eigenvalue weighted by molar-refractivity contribution is 5.83. The summed E-state index contributed by atoms with van der Waals surface area (Å²) in [5.74, 6) is 1.31. The minimum Gasteiger partial charge on any atom is -0.357 e. The highest BCUT2D eigenvalue weighted by Crippen LogP contribution is 2.13. The Labute approximate surface area is 163 Å². The van der Waals surface area contributed by atoms with Crippen molar-refractivity contribution >= 4 is 5.84 Å². The fourth-order valence-corrected chi connectivity index (χ4v) is 3.69. The molecule has 0 aromatic carbocycles. The molecule has 3 nitrogen and oxygen atoms in total. The Balaban J connectivity index is 1.80. The third-order valence-electron chi connectivity index (χ3n) is 5.34. The zero-order chi connectivity index (χ0) is 18.7. The minimum atomic E-state index is 0.742. The molecule has 26 heavy (non-hydrogen) atoms. The predicted molar refractivity (Wildman–Crippen MR) is 117 cm³/mol. The Morgan fingerprint density at radius 3 is 2.04 bits per heavy atom. The molecular weight excluding hydrogens is 318 g/mol. The number of nitrogens with two attached hydrogens (primary N) is 1. The van der Waals surface area contributed by atoms with Crippen LogP contribution < -0.4 is 5.73 Å². The molecule has 0 aliphatic carbocycles. The standard InChI is InChI=1S/C23H45N3/c1-2-3-4-5-6-7-8-9-10-11-12-13-14-15-16-17-18-23-25-20-22-26(23)21-19-24/h9-10H,2-8,11-22,24H2,1H3/b10-9+. The molecule has 2 N–H and O–H groups in total. The topological polar surface area (TPSA) is 41.6 Å². The molecule has 0 saturated heterocycles. The van der Waals surface area contributed by atoms with E-state index in [2.05, 4.69) is 29.0 Å². The van der Waals surface area contributed by atoms with E-state index >= 15 is 0 Å². The molecule has 1 aliphatic heterocycles. The van der Waals surface area contributed by atoms with E-state index in [-0.39, 0.29) is 0 Å². The zero-order valence-corrected chi connectivity index (χ0v) is 17.6. The lowest BCUT2D eigenvalue weighted by molar-refractivity contribution is 0.456. The van der Waals surface area contributed by atoms with Crippen molar-refractivity contribution in [2.45, 2.75) is 103 Å². The Kier molecular flexibility index (Phi) is 15.7. The van der Waals surface area contributed by atoms with Crippen molar-refractivity contribution in [1.29, 1.82) is 0 Å². The van der Waals surface area contributed by atoms with Crippen LogP contribution in [-0.4, -0.2) is 36.9 Å². The number of nitrogens with zero attached hydrogens (tertiary/aromatic N) is 2. The van der Waals surface area contributed by atoms with Crippen LogP contribution in [0.2, 0.25) is 0 Å². The van der Waals surface area contributed by atoms with Crippen LogP contribution in [0.1, 0.15) is 103 Å². The highest BCUT2D eigenvalue weighted by Gasteiger charge is 2.14. The Morgan fingerprint density at radius 2 is 1.42 bits per heavy atom. The molecule has 0 spiro atoms. The van der Waals surface area contributed by atoms with Crippen LogP contribution in [0.4, 0.5) is 0 Å². The number of amidine groups is 1. The number of allylic oxidation sites excluding steroid dienone is 2. The molecule has 0 aromatic rings. The van der Waals surface area contributed by atoms with Crippen LogP contribution in [0.15, 0.2) is 17.1 Å². The van der Waals surface area contributed by atoms with Gasteiger partial charge in [0.25, 0.3) is 0 Å². The zero-order valence-electron chi connectivity index (χ0n) is 17.6. The molecule has 3 heteroatoms. The number of rotatable bonds is 18. The quantitative estimate of drug-likeness (QED) is 0.236. The van der Waals surface area contributed by atoms with Crippen LogP contribution in [-0.2, 0) is 0 Å². The van der Waals surface area contributed by atoms with Crippen molar-refractivity contribution in [3.63, 3.8) is 0 Å². The summed E-state index contributed by atoms with van der Waals surface area (Å²) < 4.78 is 0. The maximum Gasteiger partial charge on any atom is 0.0990 e. The van der Waals surface area contributed by atoms with Gasteiger partial charge in [-0.25, -0.2) is 0 Å². The maximum atomic E-state index is 5.66. The second-order valence-electron chi connectivity index (χ2n) is 7.76. The van der Waals surface area contributed by atoms with Gasteiger partial charge < -0.3 is 10.6 Å². The molecule has 0 bridgehead atoms. The van der Waals surface area contributed by atoms with Gasteiger partial charge in [-0.15, -0.1) is 0 Å². The van der Waals surface area contributed by atoms with Crippen LogP contribution >= 0.6 is 0 Å². The molecule has 0 atom stereocenters. The Morgan fingerprint density at radius 1 is 0.846 bits per heavy atom. The van der Waals surface area contributed by atoms with E-state index in [1.54, 1.807) is 0 Å². The first-order valence-electron chi connectivity index (χ1n) is 11.5. The number of aliphatic imine (C=N–C) groups is 1. The van der Waals surface area contributed by atoms with E-state index in [9.17, 15) is 0 Å². The predicted octanol–water partition coefficient (Wildman–Crippen LogP) is 6.09. The second-order valence-corrected chi connectivity index (χ2v) is 7.76. The fourth-order valence-electron chi connectivity index (χ4n) is 3.69. The summed E-state index contributed by atoms with van der Waals surface area (Å²) in [5, 5.41) is 0. The Hall–Kier alpha value is -0.830. The Bertz CT molecular complexity index is 362. The molecule has 0 saturated carbocycles. The van der Waals surface area contributed by atoms with Crippen molar-refractivity contribution in [3.8, 4) is 0 Å². The van der Waals surface area contributed by atoms with Crippen LogP contribution in [0.5, 0.6) is 0 Å². The van der Waals surface area contributed by atoms with E-state index in [1.165, 1.54) is 95.7 Å². The van der Waals surface area contributed by atoms with Crippen molar-refractivity contribution < 1.29 is 0 Å². The summed E-state index contributed by atoms with van der Waals surface area (Å²) in [5.41, 5.74) is 5.66. The van der Waals surface area contributed by atoms with Gasteiger partial charge in [-0.3, -0.25) is 4.99 Å². The lowest BCUT2D eigenvalue weighted by atomic mass is 10.1. The third-order valence-corrected chi connectivity index (χ3v) is 5.34. The fraction of sp³-hybridized carbons (Fsp3) is 0.870. The highest BCUT2D eigenvalue weighted by atomic mass is 15.2. The molecule has 0 radical (unpaired) electrons. The van der Waals surface area contributed by atoms with E-state index in [0.717, 1.165) is 32.6 Å². The lowest BCUT2D eigenvalue weighted by Crippen LogP contribution is -2.32. The van der Waals surface area contributed by atoms with Crippen LogP contribution in [0.25, 0.3) is 0 Å². The SMILES string of the molecule is CCCCCCCC/C=C/CCCCCCCCC1=NCCN1CCN. The summed E-state index contributed by atoms with van der Waals surface area (Å²) in [4.78, 5) is 7.00. The number of unbranched alkanes of at least 4 members (excludes halogenated alkanes) is 12. The number of hydrogen-bond acceptors (Lipinski definition) is 3. The first kappa shape index (κ1) is 23.2. The summed E-state index contributed by atoms with van der Waals surface area (Å²) in [6.07, 6.45) is 25.1. The summed E-state index contributed by atoms with van der Waals surface area (Å²) in [7, 11) is 0. The normalized spacial score (nSPS) is 14.5. The van der Waals surface area contributed by atoms with Gasteiger partial charge in [0.1, 0.15) is 0 Å². The first-order valence-corrected chi connectivity index (χ1v) is 11.5. The monoisotopic (exact) mass is 363 g/mol. The van der Waals surface area contributed by atoms with Crippen LogP contribution in [0, 0.1) is 0 Å². The third kappa shape index (κ3) is 12.5. The molecule has 0 amide bonds. The largest absolute Gasteiger partial charge is 0.357 e. The molecule has 152 valence electrons. The van der Waals surface area contributed by atoms with Gasteiger partial charge in [-0.05, 0) is 32.1 Å². The van der Waals surface area contributed by atoms with E-state index in [0.29, 0.717) is 0 Å². The average molecular weight is 364 g/mol. The number of hydrogen-bond donors (Lipinski definition) is 1. The van der Waals surface area contributed by atoms with Crippen LogP contribution in [0.3, 0.4) is 0 Å². The molecule has 1 heterocycles. The molecule has 0 unspecified atom stereocenters. The van der Waals surface area contributed by atoms with Gasteiger partial charge in [0, 0.05) is 26.1 Å². The minimum absolute atomic E-state index is 0.742. The maximum absolute atomic E-state index is 5.66. The molecule has 0 fully saturated rings. The van der Waals surface area contributed by atoms with Crippen molar-refractivity contribution in [3.05, 3.63) is 12.2 Å². The van der Waals surface area contributed by atoms with Gasteiger partial charge in [0.2, 0.25) is 0 Å². The summed E-state index contributed by atoms with van der Waals surface area (Å²) in [6, 6.07) is 0. The van der Waals surface area contributed by atoms with Gasteiger partial charge in [-0.2, -0.15) is 0 Å². The van der Waals surface area contributed by atoms with Gasteiger partial charge in [0.15, 0.2) is 0 Å². The van der Waals surface area contributed by atoms with Gasteiger partial charge >= 0.3 is 0 Å². The summed E-state index contributed by atoms with van der Waals surface area (Å²) >= 11 is 0.